The molecule has 1 unspecified atom stereocenters. The van der Waals surface area contributed by atoms with Crippen LogP contribution in [0.15, 0.2) is 24.3 Å². The summed E-state index contributed by atoms with van der Waals surface area (Å²) in [4.78, 5) is 38.4. The predicted molar refractivity (Wildman–Crippen MR) is 114 cm³/mol. The van der Waals surface area contributed by atoms with E-state index in [9.17, 15) is 24.6 Å². The van der Waals surface area contributed by atoms with Gasteiger partial charge in [-0.05, 0) is 19.8 Å². The Bertz CT molecular complexity index is 1170. The van der Waals surface area contributed by atoms with Gasteiger partial charge in [-0.3, -0.25) is 14.4 Å². The van der Waals surface area contributed by atoms with E-state index in [4.69, 9.17) is 9.47 Å². The summed E-state index contributed by atoms with van der Waals surface area (Å²) in [5.41, 5.74) is -0.484. The molecule has 2 aromatic carbocycles. The summed E-state index contributed by atoms with van der Waals surface area (Å²) in [6.07, 6.45) is 0.547. The first-order valence-electron chi connectivity index (χ1n) is 10.3. The molecule has 3 N–H and O–H groups in total. The summed E-state index contributed by atoms with van der Waals surface area (Å²) in [6, 6.07) is 6.32. The molecule has 0 bridgehead atoms. The molecule has 2 aromatic rings. The van der Waals surface area contributed by atoms with E-state index >= 15 is 0 Å². The number of nitrogens with one attached hydrogen (secondary N) is 1. The van der Waals surface area contributed by atoms with Crippen molar-refractivity contribution in [3.63, 3.8) is 0 Å². The van der Waals surface area contributed by atoms with Crippen molar-refractivity contribution >= 4 is 17.5 Å². The first-order valence-corrected chi connectivity index (χ1v) is 10.3. The summed E-state index contributed by atoms with van der Waals surface area (Å²) in [6.45, 7) is 3.04. The van der Waals surface area contributed by atoms with Gasteiger partial charge in [0.15, 0.2) is 17.4 Å². The van der Waals surface area contributed by atoms with E-state index in [1.807, 2.05) is 0 Å². The average molecular weight is 439 g/mol. The summed E-state index contributed by atoms with van der Waals surface area (Å²) in [5.74, 6) is -3.32. The van der Waals surface area contributed by atoms with Gasteiger partial charge in [-0.2, -0.15) is 0 Å². The summed E-state index contributed by atoms with van der Waals surface area (Å²) in [5, 5.41) is 25.2. The topological polar surface area (TPSA) is 122 Å². The Morgan fingerprint density at radius 2 is 1.50 bits per heavy atom. The number of hydrogen-bond acceptors (Lipinski definition) is 7. The number of phenolic OH excluding ortho intramolecular Hbond substituents is 2. The third-order valence-electron chi connectivity index (χ3n) is 6.87. The number of aromatic hydroxyl groups is 2. The maximum atomic E-state index is 13.2. The zero-order valence-electron chi connectivity index (χ0n) is 18.4. The number of hydrogen-bond donors (Lipinski definition) is 3. The minimum atomic E-state index is -1.26. The molecule has 0 radical (unpaired) electrons. The highest BCUT2D eigenvalue weighted by atomic mass is 16.7. The van der Waals surface area contributed by atoms with Gasteiger partial charge in [-0.15, -0.1) is 0 Å². The van der Waals surface area contributed by atoms with Gasteiger partial charge in [0.1, 0.15) is 11.5 Å². The molecule has 0 saturated heterocycles. The Balaban J connectivity index is 1.95. The smallest absolute Gasteiger partial charge is 0.217 e. The minimum absolute atomic E-state index is 0.0237. The molecule has 0 fully saturated rings. The van der Waals surface area contributed by atoms with Crippen LogP contribution in [-0.4, -0.2) is 53.2 Å². The van der Waals surface area contributed by atoms with Gasteiger partial charge in [-0.1, -0.05) is 24.3 Å². The lowest BCUT2D eigenvalue weighted by atomic mass is 9.70. The molecule has 1 atom stereocenters. The number of carbonyl (C=O) groups is 3. The second kappa shape index (κ2) is 7.43. The Morgan fingerprint density at radius 3 is 1.97 bits per heavy atom. The number of rotatable bonds is 4. The SMILES string of the molecule is COC(C)(OC)C1(NC(C)=O)CCc2c(O)c3c(c(O)c2C1)C(=O)c1ccccc1C3=O. The van der Waals surface area contributed by atoms with Crippen molar-refractivity contribution in [1.82, 2.24) is 5.32 Å². The van der Waals surface area contributed by atoms with E-state index in [0.717, 1.165) is 0 Å². The van der Waals surface area contributed by atoms with Crippen LogP contribution in [0.3, 0.4) is 0 Å². The molecule has 168 valence electrons. The van der Waals surface area contributed by atoms with E-state index in [2.05, 4.69) is 5.32 Å². The van der Waals surface area contributed by atoms with Crippen molar-refractivity contribution in [3.8, 4) is 11.5 Å². The average Bonchev–Trinajstić information content (AvgIpc) is 2.78. The van der Waals surface area contributed by atoms with Gasteiger partial charge < -0.3 is 25.0 Å². The number of amides is 1. The second-order valence-electron chi connectivity index (χ2n) is 8.40. The third kappa shape index (κ3) is 2.87. The van der Waals surface area contributed by atoms with Gasteiger partial charge in [-0.25, -0.2) is 0 Å². The number of phenols is 2. The fourth-order valence-corrected chi connectivity index (χ4v) is 5.02. The highest BCUT2D eigenvalue weighted by Crippen LogP contribution is 2.49. The van der Waals surface area contributed by atoms with Crippen LogP contribution < -0.4 is 5.32 Å². The molecule has 2 aliphatic carbocycles. The normalized spacial score (nSPS) is 19.8. The van der Waals surface area contributed by atoms with E-state index < -0.39 is 22.9 Å². The predicted octanol–water partition coefficient (Wildman–Crippen LogP) is 2.25. The molecule has 0 spiro atoms. The highest BCUT2D eigenvalue weighted by molar-refractivity contribution is 6.30. The van der Waals surface area contributed by atoms with Crippen LogP contribution in [0.4, 0.5) is 0 Å². The number of carbonyl (C=O) groups excluding carboxylic acids is 3. The van der Waals surface area contributed by atoms with E-state index in [0.29, 0.717) is 12.0 Å². The lowest BCUT2D eigenvalue weighted by molar-refractivity contribution is -0.245. The molecule has 8 nitrogen and oxygen atoms in total. The van der Waals surface area contributed by atoms with Gasteiger partial charge in [0.05, 0.1) is 16.7 Å². The molecule has 8 heteroatoms. The first-order chi connectivity index (χ1) is 15.1. The number of benzene rings is 2. The van der Waals surface area contributed by atoms with E-state index in [-0.39, 0.29) is 58.1 Å². The number of ether oxygens (including phenoxy) is 2. The van der Waals surface area contributed by atoms with Crippen molar-refractivity contribution in [1.29, 1.82) is 0 Å². The van der Waals surface area contributed by atoms with Crippen LogP contribution in [0.2, 0.25) is 0 Å². The maximum absolute atomic E-state index is 13.2. The first kappa shape index (κ1) is 22.0. The monoisotopic (exact) mass is 439 g/mol. The largest absolute Gasteiger partial charge is 0.507 e. The fourth-order valence-electron chi connectivity index (χ4n) is 5.02. The maximum Gasteiger partial charge on any atom is 0.217 e. The molecular weight excluding hydrogens is 414 g/mol. The van der Waals surface area contributed by atoms with E-state index in [1.54, 1.807) is 19.1 Å². The van der Waals surface area contributed by atoms with Crippen molar-refractivity contribution in [2.75, 3.05) is 14.2 Å². The Hall–Kier alpha value is -3.23. The molecular formula is C24H25NO7. The molecule has 1 amide bonds. The Kier molecular flexibility index (Phi) is 5.10. The molecule has 0 aromatic heterocycles. The fraction of sp³-hybridized carbons (Fsp3) is 0.375. The number of ketones is 2. The van der Waals surface area contributed by atoms with Gasteiger partial charge in [0.2, 0.25) is 5.91 Å². The molecule has 0 saturated carbocycles. The van der Waals surface area contributed by atoms with Crippen molar-refractivity contribution < 1.29 is 34.1 Å². The van der Waals surface area contributed by atoms with Crippen LogP contribution in [0.5, 0.6) is 11.5 Å². The molecule has 32 heavy (non-hydrogen) atoms. The van der Waals surface area contributed by atoms with Crippen LogP contribution in [0.1, 0.15) is 63.2 Å². The van der Waals surface area contributed by atoms with Gasteiger partial charge in [0, 0.05) is 49.8 Å². The minimum Gasteiger partial charge on any atom is -0.507 e. The number of methoxy groups -OCH3 is 2. The van der Waals surface area contributed by atoms with Crippen molar-refractivity contribution in [3.05, 3.63) is 57.6 Å². The molecule has 4 rings (SSSR count). The lowest BCUT2D eigenvalue weighted by Crippen LogP contribution is -2.67. The van der Waals surface area contributed by atoms with Gasteiger partial charge in [0.25, 0.3) is 0 Å². The van der Waals surface area contributed by atoms with Crippen molar-refractivity contribution in [2.45, 2.75) is 44.4 Å². The van der Waals surface area contributed by atoms with Crippen LogP contribution in [-0.2, 0) is 27.1 Å². The lowest BCUT2D eigenvalue weighted by Gasteiger charge is -2.49. The Morgan fingerprint density at radius 1 is 1.00 bits per heavy atom. The number of fused-ring (bicyclic) bond motifs is 3. The molecule has 0 heterocycles. The second-order valence-corrected chi connectivity index (χ2v) is 8.40. The van der Waals surface area contributed by atoms with Crippen LogP contribution >= 0.6 is 0 Å². The highest BCUT2D eigenvalue weighted by Gasteiger charge is 2.53. The van der Waals surface area contributed by atoms with Crippen LogP contribution in [0.25, 0.3) is 0 Å². The summed E-state index contributed by atoms with van der Waals surface area (Å²) >= 11 is 0. The zero-order chi connectivity index (χ0) is 23.4. The molecule has 0 aliphatic heterocycles. The van der Waals surface area contributed by atoms with Crippen LogP contribution in [0, 0.1) is 0 Å². The third-order valence-corrected chi connectivity index (χ3v) is 6.87. The summed E-state index contributed by atoms with van der Waals surface area (Å²) in [7, 11) is 2.90. The zero-order valence-corrected chi connectivity index (χ0v) is 18.4. The Labute approximate surface area is 185 Å². The van der Waals surface area contributed by atoms with E-state index in [1.165, 1.54) is 33.3 Å². The summed E-state index contributed by atoms with van der Waals surface area (Å²) < 4.78 is 11.2. The standard InChI is InChI=1S/C24H25NO7/c1-12(26)25-24(23(2,31-3)32-4)10-9-15-16(11-24)22(30)18-17(21(15)29)19(27)13-7-5-6-8-14(13)20(18)28/h5-8,29-30H,9-11H2,1-4H3,(H,25,26). The quantitative estimate of drug-likeness (QED) is 0.421. The van der Waals surface area contributed by atoms with Crippen molar-refractivity contribution in [2.24, 2.45) is 0 Å². The van der Waals surface area contributed by atoms with Gasteiger partial charge >= 0.3 is 0 Å². The molecule has 2 aliphatic rings.